The summed E-state index contributed by atoms with van der Waals surface area (Å²) < 4.78 is 0. The Hall–Kier alpha value is -3.98. The van der Waals surface area contributed by atoms with E-state index in [1.165, 1.54) is 47.2 Å². The predicted octanol–water partition coefficient (Wildman–Crippen LogP) is 6.97. The van der Waals surface area contributed by atoms with Gasteiger partial charge in [0.2, 0.25) is 0 Å². The lowest BCUT2D eigenvalue weighted by molar-refractivity contribution is 0.690. The van der Waals surface area contributed by atoms with Gasteiger partial charge >= 0.3 is 0 Å². The molecule has 0 spiro atoms. The fourth-order valence-corrected chi connectivity index (χ4v) is 4.85. The van der Waals surface area contributed by atoms with Gasteiger partial charge in [-0.05, 0) is 88.2 Å². The van der Waals surface area contributed by atoms with Crippen LogP contribution in [0.3, 0.4) is 0 Å². The molecule has 3 heteroatoms. The van der Waals surface area contributed by atoms with E-state index in [0.717, 1.165) is 16.8 Å². The first kappa shape index (κ1) is 20.9. The highest BCUT2D eigenvalue weighted by Gasteiger charge is 2.13. The van der Waals surface area contributed by atoms with Gasteiger partial charge < -0.3 is 17.2 Å². The normalized spacial score (nSPS) is 12.7. The van der Waals surface area contributed by atoms with E-state index in [0.29, 0.717) is 11.4 Å². The molecule has 5 aromatic carbocycles. The fraction of sp³-hybridized carbons (Fsp3) is 0.133. The van der Waals surface area contributed by atoms with Crippen molar-refractivity contribution in [1.29, 1.82) is 0 Å². The van der Waals surface area contributed by atoms with Crippen LogP contribution in [0.15, 0.2) is 91.0 Å². The van der Waals surface area contributed by atoms with Crippen LogP contribution in [0.4, 0.5) is 17.1 Å². The van der Waals surface area contributed by atoms with Crippen molar-refractivity contribution in [3.05, 3.63) is 102 Å². The van der Waals surface area contributed by atoms with Crippen LogP contribution >= 0.6 is 0 Å². The molecule has 0 fully saturated rings. The number of anilines is 3. The number of hydrogen-bond donors (Lipinski definition) is 3. The molecule has 0 aromatic heterocycles. The van der Waals surface area contributed by atoms with Crippen LogP contribution < -0.4 is 17.2 Å². The van der Waals surface area contributed by atoms with Gasteiger partial charge in [0.25, 0.3) is 0 Å². The number of nitrogens with two attached hydrogens (primary N) is 3. The molecule has 0 heterocycles. The summed E-state index contributed by atoms with van der Waals surface area (Å²) in [6.45, 7) is 0. The zero-order valence-electron chi connectivity index (χ0n) is 18.7. The van der Waals surface area contributed by atoms with Crippen molar-refractivity contribution >= 4 is 38.6 Å². The summed E-state index contributed by atoms with van der Waals surface area (Å²) in [7, 11) is 0. The molecule has 6 N–H and O–H groups in total. The Bertz CT molecular complexity index is 1440. The van der Waals surface area contributed by atoms with Crippen molar-refractivity contribution in [1.82, 2.24) is 0 Å². The van der Waals surface area contributed by atoms with E-state index < -0.39 is 0 Å². The molecule has 0 saturated heterocycles. The molecule has 0 saturated carbocycles. The number of rotatable bonds is 1. The van der Waals surface area contributed by atoms with Gasteiger partial charge in [-0.25, -0.2) is 0 Å². The van der Waals surface area contributed by atoms with Gasteiger partial charge in [0.05, 0.1) is 0 Å². The standard InChI is InChI=1S/C18H16.C12H13N3/c1-3-7-15-13(5-1)9-11-18-16-8-4-2-6-14(16)10-12-17(15)18;13-9-3-1-8(2-4-9)11-6-5-10(14)7-12(11)15/h1,3,5,7,9-12H,2,4,6,8H2;1-7H,13-15H2. The summed E-state index contributed by atoms with van der Waals surface area (Å²) in [5.74, 6) is 0. The first-order chi connectivity index (χ1) is 16.1. The van der Waals surface area contributed by atoms with Gasteiger partial charge in [0, 0.05) is 22.6 Å². The van der Waals surface area contributed by atoms with Crippen molar-refractivity contribution in [3.63, 3.8) is 0 Å². The predicted molar refractivity (Wildman–Crippen MR) is 143 cm³/mol. The van der Waals surface area contributed by atoms with Crippen LogP contribution in [0, 0.1) is 0 Å². The van der Waals surface area contributed by atoms with E-state index in [4.69, 9.17) is 17.2 Å². The highest BCUT2D eigenvalue weighted by molar-refractivity contribution is 6.08. The number of benzene rings is 5. The molecule has 0 radical (unpaired) electrons. The molecule has 0 aliphatic heterocycles. The average molecular weight is 432 g/mol. The third kappa shape index (κ3) is 4.22. The van der Waals surface area contributed by atoms with Gasteiger partial charge in [-0.15, -0.1) is 0 Å². The van der Waals surface area contributed by atoms with Crippen molar-refractivity contribution in [2.75, 3.05) is 17.2 Å². The summed E-state index contributed by atoms with van der Waals surface area (Å²) in [5.41, 5.74) is 24.4. The maximum Gasteiger partial charge on any atom is 0.0414 e. The minimum atomic E-state index is 0.673. The van der Waals surface area contributed by atoms with E-state index in [1.54, 1.807) is 17.2 Å². The van der Waals surface area contributed by atoms with Gasteiger partial charge in [0.1, 0.15) is 0 Å². The molecule has 0 amide bonds. The van der Waals surface area contributed by atoms with Crippen LogP contribution in [0.5, 0.6) is 0 Å². The van der Waals surface area contributed by atoms with E-state index in [-0.39, 0.29) is 0 Å². The second-order valence-electron chi connectivity index (χ2n) is 8.76. The second kappa shape index (κ2) is 8.87. The maximum absolute atomic E-state index is 5.88. The molecule has 6 rings (SSSR count). The Labute approximate surface area is 194 Å². The molecule has 0 bridgehead atoms. The summed E-state index contributed by atoms with van der Waals surface area (Å²) in [6.07, 6.45) is 5.22. The van der Waals surface area contributed by atoms with E-state index in [1.807, 2.05) is 36.4 Å². The molecule has 3 nitrogen and oxygen atoms in total. The topological polar surface area (TPSA) is 78.1 Å². The number of nitrogen functional groups attached to an aromatic ring is 3. The monoisotopic (exact) mass is 431 g/mol. The third-order valence-corrected chi connectivity index (χ3v) is 6.55. The number of fused-ring (bicyclic) bond motifs is 5. The average Bonchev–Trinajstić information content (AvgIpc) is 2.85. The van der Waals surface area contributed by atoms with Gasteiger partial charge in [0.15, 0.2) is 0 Å². The van der Waals surface area contributed by atoms with Crippen LogP contribution in [0.25, 0.3) is 32.7 Å². The summed E-state index contributed by atoms with van der Waals surface area (Å²) in [6, 6.07) is 31.1. The SMILES string of the molecule is Nc1ccc(-c2ccc(N)cc2N)cc1.c1ccc2c(c1)ccc1c3c(ccc12)CCCC3. The molecule has 0 atom stereocenters. The van der Waals surface area contributed by atoms with E-state index in [9.17, 15) is 0 Å². The van der Waals surface area contributed by atoms with Crippen molar-refractivity contribution < 1.29 is 0 Å². The molecular weight excluding hydrogens is 402 g/mol. The number of aryl methyl sites for hydroxylation is 2. The third-order valence-electron chi connectivity index (χ3n) is 6.55. The van der Waals surface area contributed by atoms with E-state index in [2.05, 4.69) is 48.5 Å². The zero-order valence-corrected chi connectivity index (χ0v) is 18.7. The molecule has 1 aliphatic rings. The highest BCUT2D eigenvalue weighted by atomic mass is 14.6. The smallest absolute Gasteiger partial charge is 0.0414 e. The fourth-order valence-electron chi connectivity index (χ4n) is 4.85. The summed E-state index contributed by atoms with van der Waals surface area (Å²) in [4.78, 5) is 0. The second-order valence-corrected chi connectivity index (χ2v) is 8.76. The lowest BCUT2D eigenvalue weighted by Crippen LogP contribution is -2.02. The van der Waals surface area contributed by atoms with Crippen molar-refractivity contribution in [3.8, 4) is 11.1 Å². The summed E-state index contributed by atoms with van der Waals surface area (Å²) in [5, 5.41) is 5.64. The minimum Gasteiger partial charge on any atom is -0.399 e. The largest absolute Gasteiger partial charge is 0.399 e. The Morgan fingerprint density at radius 1 is 0.545 bits per heavy atom. The van der Waals surface area contributed by atoms with Gasteiger partial charge in [-0.3, -0.25) is 0 Å². The van der Waals surface area contributed by atoms with Crippen LogP contribution in [0.1, 0.15) is 24.0 Å². The highest BCUT2D eigenvalue weighted by Crippen LogP contribution is 2.33. The van der Waals surface area contributed by atoms with Crippen LogP contribution in [-0.4, -0.2) is 0 Å². The lowest BCUT2D eigenvalue weighted by atomic mass is 9.86. The van der Waals surface area contributed by atoms with Crippen molar-refractivity contribution in [2.45, 2.75) is 25.7 Å². The molecule has 164 valence electrons. The molecular formula is C30H29N3. The summed E-state index contributed by atoms with van der Waals surface area (Å²) >= 11 is 0. The number of hydrogen-bond acceptors (Lipinski definition) is 3. The maximum atomic E-state index is 5.88. The Morgan fingerprint density at radius 3 is 2.09 bits per heavy atom. The minimum absolute atomic E-state index is 0.673. The Morgan fingerprint density at radius 2 is 1.27 bits per heavy atom. The van der Waals surface area contributed by atoms with Gasteiger partial charge in [-0.2, -0.15) is 0 Å². The molecule has 0 unspecified atom stereocenters. The van der Waals surface area contributed by atoms with Gasteiger partial charge in [-0.1, -0.05) is 66.7 Å². The first-order valence-electron chi connectivity index (χ1n) is 11.5. The first-order valence-corrected chi connectivity index (χ1v) is 11.5. The van der Waals surface area contributed by atoms with Crippen LogP contribution in [-0.2, 0) is 12.8 Å². The van der Waals surface area contributed by atoms with Crippen molar-refractivity contribution in [2.24, 2.45) is 0 Å². The lowest BCUT2D eigenvalue weighted by Gasteiger charge is -2.18. The Balaban J connectivity index is 0.000000141. The molecule has 5 aromatic rings. The van der Waals surface area contributed by atoms with E-state index >= 15 is 0 Å². The Kier molecular flexibility index (Phi) is 5.62. The molecule has 1 aliphatic carbocycles. The quantitative estimate of drug-likeness (QED) is 0.198. The zero-order chi connectivity index (χ0) is 22.8. The van der Waals surface area contributed by atoms with Crippen LogP contribution in [0.2, 0.25) is 0 Å². The molecule has 33 heavy (non-hydrogen) atoms.